The van der Waals surface area contributed by atoms with Crippen LogP contribution in [0.4, 0.5) is 30.2 Å². The number of alkyl halides is 3. The van der Waals surface area contributed by atoms with Gasteiger partial charge in [-0.1, -0.05) is 6.07 Å². The monoisotopic (exact) mass is 490 g/mol. The Morgan fingerprint density at radius 3 is 2.54 bits per heavy atom. The molecule has 0 bridgehead atoms. The van der Waals surface area contributed by atoms with Crippen molar-refractivity contribution in [2.24, 2.45) is 5.92 Å². The Morgan fingerprint density at radius 2 is 1.83 bits per heavy atom. The minimum Gasteiger partial charge on any atom is -0.377 e. The predicted molar refractivity (Wildman–Crippen MR) is 122 cm³/mol. The molecule has 0 N–H and O–H groups in total. The number of benzene rings is 2. The third kappa shape index (κ3) is 4.52. The Hall–Kier alpha value is -3.34. The summed E-state index contributed by atoms with van der Waals surface area (Å²) in [5, 5.41) is 11.3. The van der Waals surface area contributed by atoms with Gasteiger partial charge in [0.1, 0.15) is 0 Å². The van der Waals surface area contributed by atoms with E-state index in [1.807, 2.05) is 4.90 Å². The molecule has 8 nitrogen and oxygen atoms in total. The van der Waals surface area contributed by atoms with Crippen LogP contribution in [0.1, 0.15) is 11.1 Å². The Balaban J connectivity index is 1.32. The van der Waals surface area contributed by atoms with Crippen LogP contribution < -0.4 is 9.80 Å². The van der Waals surface area contributed by atoms with E-state index in [9.17, 15) is 28.1 Å². The third-order valence-electron chi connectivity index (χ3n) is 7.10. The van der Waals surface area contributed by atoms with Crippen molar-refractivity contribution in [3.05, 3.63) is 63.7 Å². The third-order valence-corrected chi connectivity index (χ3v) is 7.10. The molecule has 0 spiro atoms. The second-order valence-electron chi connectivity index (χ2n) is 9.08. The molecule has 11 heteroatoms. The van der Waals surface area contributed by atoms with Crippen molar-refractivity contribution < 1.29 is 27.6 Å². The van der Waals surface area contributed by atoms with Crippen LogP contribution in [0.15, 0.2) is 42.5 Å². The van der Waals surface area contributed by atoms with Crippen molar-refractivity contribution in [1.29, 1.82) is 0 Å². The number of nitro benzene ring substituents is 1. The highest BCUT2D eigenvalue weighted by Crippen LogP contribution is 2.38. The standard InChI is InChI=1S/C24H25F3N4O4/c25-24(26,27)17-2-1-3-18(14-17)28-6-8-29(9-7-28)23(32)20-13-16-12-19(31(33)34)4-5-21(16)30-10-11-35-15-22(20)30/h1-5,12,14,20,22H,6-11,13,15H2. The molecule has 0 aliphatic carbocycles. The molecule has 5 rings (SSSR count). The maximum atomic E-state index is 13.6. The SMILES string of the molecule is O=C(C1Cc2cc([N+](=O)[O-])ccc2N2CCOCC12)N1CCN(c2cccc(C(F)(F)F)c2)CC1. The average molecular weight is 490 g/mol. The normalized spacial score (nSPS) is 22.4. The highest BCUT2D eigenvalue weighted by molar-refractivity contribution is 5.82. The summed E-state index contributed by atoms with van der Waals surface area (Å²) in [6, 6.07) is 9.85. The number of nitro groups is 1. The van der Waals surface area contributed by atoms with E-state index in [2.05, 4.69) is 4.90 Å². The first-order valence-electron chi connectivity index (χ1n) is 11.5. The maximum absolute atomic E-state index is 13.6. The van der Waals surface area contributed by atoms with Crippen LogP contribution in [-0.2, 0) is 22.1 Å². The molecule has 0 aromatic heterocycles. The Labute approximate surface area is 200 Å². The van der Waals surface area contributed by atoms with E-state index in [1.165, 1.54) is 12.1 Å². The summed E-state index contributed by atoms with van der Waals surface area (Å²) in [5.41, 5.74) is 1.47. The van der Waals surface area contributed by atoms with E-state index in [0.29, 0.717) is 58.0 Å². The molecular formula is C24H25F3N4O4. The smallest absolute Gasteiger partial charge is 0.377 e. The van der Waals surface area contributed by atoms with E-state index < -0.39 is 22.6 Å². The van der Waals surface area contributed by atoms with E-state index in [0.717, 1.165) is 23.4 Å². The highest BCUT2D eigenvalue weighted by atomic mass is 19.4. The van der Waals surface area contributed by atoms with Gasteiger partial charge in [0.25, 0.3) is 5.69 Å². The first kappa shape index (κ1) is 23.4. The van der Waals surface area contributed by atoms with Gasteiger partial charge < -0.3 is 19.4 Å². The zero-order valence-electron chi connectivity index (χ0n) is 18.9. The largest absolute Gasteiger partial charge is 0.416 e. The number of carbonyl (C=O) groups is 1. The van der Waals surface area contributed by atoms with Gasteiger partial charge in [0.15, 0.2) is 0 Å². The van der Waals surface area contributed by atoms with Gasteiger partial charge >= 0.3 is 6.18 Å². The van der Waals surface area contributed by atoms with Crippen molar-refractivity contribution in [2.75, 3.05) is 55.7 Å². The van der Waals surface area contributed by atoms with E-state index >= 15 is 0 Å². The molecule has 2 saturated heterocycles. The quantitative estimate of drug-likeness (QED) is 0.485. The van der Waals surface area contributed by atoms with Crippen LogP contribution in [0.3, 0.4) is 0 Å². The fourth-order valence-electron chi connectivity index (χ4n) is 5.31. The zero-order chi connectivity index (χ0) is 24.7. The number of nitrogens with zero attached hydrogens (tertiary/aromatic N) is 4. The van der Waals surface area contributed by atoms with Gasteiger partial charge in [0.2, 0.25) is 5.91 Å². The van der Waals surface area contributed by atoms with Gasteiger partial charge in [0.05, 0.1) is 35.7 Å². The summed E-state index contributed by atoms with van der Waals surface area (Å²) in [7, 11) is 0. The molecule has 35 heavy (non-hydrogen) atoms. The first-order valence-corrected chi connectivity index (χ1v) is 11.5. The van der Waals surface area contributed by atoms with Gasteiger partial charge in [-0.2, -0.15) is 13.2 Å². The number of hydrogen-bond donors (Lipinski definition) is 0. The van der Waals surface area contributed by atoms with E-state index in [-0.39, 0.29) is 17.6 Å². The summed E-state index contributed by atoms with van der Waals surface area (Å²) >= 11 is 0. The van der Waals surface area contributed by atoms with Crippen LogP contribution in [0.25, 0.3) is 0 Å². The molecule has 0 saturated carbocycles. The van der Waals surface area contributed by atoms with Crippen LogP contribution >= 0.6 is 0 Å². The summed E-state index contributed by atoms with van der Waals surface area (Å²) < 4.78 is 45.0. The van der Waals surface area contributed by atoms with Crippen molar-refractivity contribution in [2.45, 2.75) is 18.6 Å². The molecular weight excluding hydrogens is 465 g/mol. The predicted octanol–water partition coefficient (Wildman–Crippen LogP) is 3.34. The van der Waals surface area contributed by atoms with E-state index in [1.54, 1.807) is 23.1 Å². The van der Waals surface area contributed by atoms with Crippen molar-refractivity contribution >= 4 is 23.0 Å². The molecule has 186 valence electrons. The topological polar surface area (TPSA) is 79.2 Å². The minimum absolute atomic E-state index is 0.00337. The summed E-state index contributed by atoms with van der Waals surface area (Å²) in [4.78, 5) is 30.2. The van der Waals surface area contributed by atoms with Crippen LogP contribution in [0.2, 0.25) is 0 Å². The van der Waals surface area contributed by atoms with Gasteiger partial charge in [0, 0.05) is 56.2 Å². The minimum atomic E-state index is -4.41. The van der Waals surface area contributed by atoms with E-state index in [4.69, 9.17) is 4.74 Å². The molecule has 1 amide bonds. The number of fused-ring (bicyclic) bond motifs is 3. The molecule has 2 unspecified atom stereocenters. The molecule has 0 radical (unpaired) electrons. The molecule has 2 aromatic rings. The van der Waals surface area contributed by atoms with Crippen molar-refractivity contribution in [1.82, 2.24) is 4.90 Å². The number of anilines is 2. The molecule has 2 atom stereocenters. The Kier molecular flexibility index (Phi) is 6.04. The lowest BCUT2D eigenvalue weighted by molar-refractivity contribution is -0.384. The molecule has 2 aromatic carbocycles. The van der Waals surface area contributed by atoms with Gasteiger partial charge in [-0.15, -0.1) is 0 Å². The number of rotatable bonds is 3. The number of halogens is 3. The van der Waals surface area contributed by atoms with Gasteiger partial charge in [-0.05, 0) is 36.2 Å². The fraction of sp³-hybridized carbons (Fsp3) is 0.458. The number of piperazine rings is 1. The lowest BCUT2D eigenvalue weighted by Crippen LogP contribution is -2.59. The second kappa shape index (κ2) is 9.03. The van der Waals surface area contributed by atoms with Crippen LogP contribution in [0, 0.1) is 16.0 Å². The zero-order valence-corrected chi connectivity index (χ0v) is 18.9. The molecule has 2 fully saturated rings. The number of morpholine rings is 1. The second-order valence-corrected chi connectivity index (χ2v) is 9.08. The number of carbonyl (C=O) groups excluding carboxylic acids is 1. The van der Waals surface area contributed by atoms with Gasteiger partial charge in [-0.3, -0.25) is 14.9 Å². The average Bonchev–Trinajstić information content (AvgIpc) is 2.87. The van der Waals surface area contributed by atoms with Gasteiger partial charge in [-0.25, -0.2) is 0 Å². The van der Waals surface area contributed by atoms with Crippen molar-refractivity contribution in [3.8, 4) is 0 Å². The summed E-state index contributed by atoms with van der Waals surface area (Å²) in [5.74, 6) is -0.462. The Bertz CT molecular complexity index is 1130. The number of ether oxygens (including phenoxy) is 1. The highest BCUT2D eigenvalue weighted by Gasteiger charge is 2.42. The number of amides is 1. The number of hydrogen-bond acceptors (Lipinski definition) is 6. The Morgan fingerprint density at radius 1 is 1.06 bits per heavy atom. The number of non-ortho nitro benzene ring substituents is 1. The first-order chi connectivity index (χ1) is 16.7. The van der Waals surface area contributed by atoms with Crippen LogP contribution in [0.5, 0.6) is 0 Å². The van der Waals surface area contributed by atoms with Crippen molar-refractivity contribution in [3.63, 3.8) is 0 Å². The summed E-state index contributed by atoms with van der Waals surface area (Å²) in [6.45, 7) is 3.14. The molecule has 3 aliphatic heterocycles. The molecule has 3 heterocycles. The van der Waals surface area contributed by atoms with Crippen LogP contribution in [-0.4, -0.2) is 67.7 Å². The lowest BCUT2D eigenvalue weighted by Gasteiger charge is -2.47. The maximum Gasteiger partial charge on any atom is 0.416 e. The lowest BCUT2D eigenvalue weighted by atomic mass is 9.83. The fourth-order valence-corrected chi connectivity index (χ4v) is 5.31. The molecule has 3 aliphatic rings. The summed E-state index contributed by atoms with van der Waals surface area (Å²) in [6.07, 6.45) is -4.03.